The molecule has 1 fully saturated rings. The molecule has 1 heterocycles. The third kappa shape index (κ3) is 3.42. The number of fused-ring (bicyclic) bond motifs is 1. The number of H-pyrrole nitrogens is 1. The fourth-order valence-electron chi connectivity index (χ4n) is 2.43. The van der Waals surface area contributed by atoms with Gasteiger partial charge in [0.1, 0.15) is 0 Å². The number of nitrogens with zero attached hydrogens (tertiary/aromatic N) is 1. The molecule has 3 aromatic rings. The van der Waals surface area contributed by atoms with Gasteiger partial charge >= 0.3 is 5.97 Å². The first-order chi connectivity index (χ1) is 11.6. The molecule has 0 spiro atoms. The van der Waals surface area contributed by atoms with Crippen LogP contribution >= 0.6 is 11.6 Å². The van der Waals surface area contributed by atoms with Gasteiger partial charge in [-0.2, -0.15) is 5.10 Å². The van der Waals surface area contributed by atoms with Crippen molar-refractivity contribution < 1.29 is 15.0 Å². The number of halogens is 1. The Labute approximate surface area is 143 Å². The molecule has 0 atom stereocenters. The summed E-state index contributed by atoms with van der Waals surface area (Å²) in [6.45, 7) is 0. The Hall–Kier alpha value is -2.37. The standard InChI is InChI=1S/C14H9ClN2O2.C4H8O/c15-11-7-12-10(13(14(18)19)17-16-12)6-9(11)8-4-2-1-3-5-8;5-4-2-1-3-4/h1-7H,(H,16,17)(H,18,19);4-5H,1-3H2. The smallest absolute Gasteiger partial charge is 0.357 e. The normalized spacial score (nSPS) is 13.9. The number of aromatic amines is 1. The Morgan fingerprint density at radius 3 is 2.42 bits per heavy atom. The number of carboxylic acid groups (broad SMARTS) is 1. The van der Waals surface area contributed by atoms with Crippen molar-refractivity contribution in [3.63, 3.8) is 0 Å². The number of aliphatic hydroxyl groups is 1. The summed E-state index contributed by atoms with van der Waals surface area (Å²) in [5, 5.41) is 25.1. The van der Waals surface area contributed by atoms with Gasteiger partial charge in [0.15, 0.2) is 5.69 Å². The largest absolute Gasteiger partial charge is 0.476 e. The van der Waals surface area contributed by atoms with Crippen LogP contribution in [0.15, 0.2) is 42.5 Å². The van der Waals surface area contributed by atoms with Crippen LogP contribution in [0.2, 0.25) is 5.02 Å². The monoisotopic (exact) mass is 344 g/mol. The highest BCUT2D eigenvalue weighted by molar-refractivity contribution is 6.34. The van der Waals surface area contributed by atoms with Crippen molar-refractivity contribution in [2.75, 3.05) is 0 Å². The van der Waals surface area contributed by atoms with Crippen LogP contribution in [0.4, 0.5) is 0 Å². The average Bonchev–Trinajstić information content (AvgIpc) is 2.96. The van der Waals surface area contributed by atoms with E-state index < -0.39 is 5.97 Å². The number of aromatic nitrogens is 2. The minimum atomic E-state index is -1.06. The molecule has 124 valence electrons. The van der Waals surface area contributed by atoms with E-state index in [0.29, 0.717) is 15.9 Å². The molecule has 5 nitrogen and oxygen atoms in total. The molecule has 1 aliphatic rings. The van der Waals surface area contributed by atoms with Crippen molar-refractivity contribution in [3.8, 4) is 11.1 Å². The van der Waals surface area contributed by atoms with Gasteiger partial charge in [0, 0.05) is 10.9 Å². The highest BCUT2D eigenvalue weighted by Gasteiger charge is 2.15. The summed E-state index contributed by atoms with van der Waals surface area (Å²) in [7, 11) is 0. The zero-order valence-corrected chi connectivity index (χ0v) is 13.6. The second-order valence-electron chi connectivity index (χ2n) is 5.71. The van der Waals surface area contributed by atoms with Crippen LogP contribution in [0, 0.1) is 0 Å². The summed E-state index contributed by atoms with van der Waals surface area (Å²) in [6.07, 6.45) is 3.39. The summed E-state index contributed by atoms with van der Waals surface area (Å²) in [4.78, 5) is 11.1. The van der Waals surface area contributed by atoms with Crippen LogP contribution in [-0.4, -0.2) is 32.5 Å². The summed E-state index contributed by atoms with van der Waals surface area (Å²) < 4.78 is 0. The summed E-state index contributed by atoms with van der Waals surface area (Å²) in [6, 6.07) is 13.0. The molecule has 0 amide bonds. The highest BCUT2D eigenvalue weighted by atomic mass is 35.5. The predicted octanol–water partition coefficient (Wildman–Crippen LogP) is 4.11. The summed E-state index contributed by atoms with van der Waals surface area (Å²) in [5.74, 6) is -1.06. The minimum Gasteiger partial charge on any atom is -0.476 e. The van der Waals surface area contributed by atoms with E-state index in [1.807, 2.05) is 30.3 Å². The molecule has 0 radical (unpaired) electrons. The third-order valence-corrected chi connectivity index (χ3v) is 4.33. The molecular weight excluding hydrogens is 328 g/mol. The number of benzene rings is 2. The number of rotatable bonds is 2. The van der Waals surface area contributed by atoms with Gasteiger partial charge < -0.3 is 10.2 Å². The quantitative estimate of drug-likeness (QED) is 0.653. The number of hydrogen-bond donors (Lipinski definition) is 3. The third-order valence-electron chi connectivity index (χ3n) is 4.01. The molecule has 0 bridgehead atoms. The van der Waals surface area contributed by atoms with E-state index in [-0.39, 0.29) is 11.8 Å². The first-order valence-electron chi connectivity index (χ1n) is 7.70. The maximum absolute atomic E-state index is 11.1. The van der Waals surface area contributed by atoms with E-state index in [4.69, 9.17) is 21.8 Å². The molecule has 24 heavy (non-hydrogen) atoms. The van der Waals surface area contributed by atoms with Crippen LogP contribution in [0.3, 0.4) is 0 Å². The van der Waals surface area contributed by atoms with E-state index in [9.17, 15) is 4.79 Å². The van der Waals surface area contributed by atoms with Gasteiger partial charge in [-0.25, -0.2) is 4.79 Å². The van der Waals surface area contributed by atoms with Crippen LogP contribution in [0.1, 0.15) is 29.8 Å². The van der Waals surface area contributed by atoms with Crippen molar-refractivity contribution in [2.24, 2.45) is 0 Å². The molecule has 0 saturated heterocycles. The number of hydrogen-bond acceptors (Lipinski definition) is 3. The lowest BCUT2D eigenvalue weighted by molar-refractivity contribution is 0.0692. The molecule has 1 aromatic heterocycles. The van der Waals surface area contributed by atoms with Gasteiger partial charge in [-0.15, -0.1) is 0 Å². The van der Waals surface area contributed by atoms with E-state index in [1.54, 1.807) is 12.1 Å². The van der Waals surface area contributed by atoms with Crippen LogP contribution in [0.25, 0.3) is 22.0 Å². The van der Waals surface area contributed by atoms with Gasteiger partial charge in [-0.3, -0.25) is 5.10 Å². The molecule has 1 aliphatic carbocycles. The molecule has 4 rings (SSSR count). The van der Waals surface area contributed by atoms with E-state index in [2.05, 4.69) is 10.2 Å². The number of carboxylic acids is 1. The second-order valence-corrected chi connectivity index (χ2v) is 6.11. The summed E-state index contributed by atoms with van der Waals surface area (Å²) >= 11 is 6.23. The van der Waals surface area contributed by atoms with Gasteiger partial charge in [-0.05, 0) is 37.0 Å². The molecule has 2 aromatic carbocycles. The molecular formula is C18H17ClN2O3. The maximum Gasteiger partial charge on any atom is 0.357 e. The zero-order valence-electron chi connectivity index (χ0n) is 12.9. The lowest BCUT2D eigenvalue weighted by Crippen LogP contribution is -2.15. The van der Waals surface area contributed by atoms with E-state index in [1.165, 1.54) is 6.42 Å². The molecule has 1 saturated carbocycles. The molecule has 3 N–H and O–H groups in total. The SMILES string of the molecule is O=C(O)c1n[nH]c2cc(Cl)c(-c3ccccc3)cc12.OC1CCC1. The van der Waals surface area contributed by atoms with Crippen LogP contribution in [0.5, 0.6) is 0 Å². The Morgan fingerprint density at radius 1 is 1.21 bits per heavy atom. The van der Waals surface area contributed by atoms with Crippen molar-refractivity contribution in [2.45, 2.75) is 25.4 Å². The Morgan fingerprint density at radius 2 is 1.88 bits per heavy atom. The lowest BCUT2D eigenvalue weighted by Gasteiger charge is -2.17. The Kier molecular flexibility index (Phi) is 4.83. The number of nitrogens with one attached hydrogen (secondary N) is 1. The van der Waals surface area contributed by atoms with Crippen molar-refractivity contribution in [3.05, 3.63) is 53.2 Å². The highest BCUT2D eigenvalue weighted by Crippen LogP contribution is 2.32. The maximum atomic E-state index is 11.1. The first kappa shape index (κ1) is 16.5. The number of carbonyl (C=O) groups is 1. The van der Waals surface area contributed by atoms with Crippen molar-refractivity contribution in [1.82, 2.24) is 10.2 Å². The van der Waals surface area contributed by atoms with Crippen LogP contribution in [-0.2, 0) is 0 Å². The molecule has 6 heteroatoms. The Balaban J connectivity index is 0.000000290. The number of aromatic carboxylic acids is 1. The topological polar surface area (TPSA) is 86.2 Å². The fraction of sp³-hybridized carbons (Fsp3) is 0.222. The van der Waals surface area contributed by atoms with Gasteiger partial charge in [0.2, 0.25) is 0 Å². The predicted molar refractivity (Wildman–Crippen MR) is 93.4 cm³/mol. The minimum absolute atomic E-state index is 0.00356. The molecule has 0 unspecified atom stereocenters. The van der Waals surface area contributed by atoms with Gasteiger partial charge in [0.05, 0.1) is 16.6 Å². The lowest BCUT2D eigenvalue weighted by atomic mass is 9.97. The zero-order chi connectivity index (χ0) is 17.1. The first-order valence-corrected chi connectivity index (χ1v) is 8.08. The fourth-order valence-corrected chi connectivity index (χ4v) is 2.70. The van der Waals surface area contributed by atoms with E-state index >= 15 is 0 Å². The Bertz CT molecular complexity index is 857. The van der Waals surface area contributed by atoms with Gasteiger partial charge in [-0.1, -0.05) is 41.9 Å². The average molecular weight is 345 g/mol. The second kappa shape index (κ2) is 7.03. The molecule has 0 aliphatic heterocycles. The van der Waals surface area contributed by atoms with Gasteiger partial charge in [0.25, 0.3) is 0 Å². The number of aliphatic hydroxyl groups excluding tert-OH is 1. The van der Waals surface area contributed by atoms with E-state index in [0.717, 1.165) is 24.0 Å². The van der Waals surface area contributed by atoms with Crippen LogP contribution < -0.4 is 0 Å². The van der Waals surface area contributed by atoms with Crippen molar-refractivity contribution >= 4 is 28.5 Å². The summed E-state index contributed by atoms with van der Waals surface area (Å²) in [5.41, 5.74) is 2.34. The van der Waals surface area contributed by atoms with Crippen molar-refractivity contribution in [1.29, 1.82) is 0 Å².